The Balaban J connectivity index is 2.01. The normalized spacial score (nSPS) is 18.5. The predicted octanol–water partition coefficient (Wildman–Crippen LogP) is 2.21. The van der Waals surface area contributed by atoms with Crippen LogP contribution in [0.3, 0.4) is 0 Å². The molecule has 1 aromatic carbocycles. The summed E-state index contributed by atoms with van der Waals surface area (Å²) in [6.45, 7) is 6.60. The fourth-order valence-electron chi connectivity index (χ4n) is 2.80. The summed E-state index contributed by atoms with van der Waals surface area (Å²) < 4.78 is 17.0. The molecule has 2 rings (SSSR count). The first-order chi connectivity index (χ1) is 12.0. The summed E-state index contributed by atoms with van der Waals surface area (Å²) >= 11 is 0. The number of hydrogen-bond acceptors (Lipinski definition) is 5. The monoisotopic (exact) mass is 350 g/mol. The van der Waals surface area contributed by atoms with Crippen molar-refractivity contribution < 1.29 is 19.0 Å². The standard InChI is InChI=1S/C19H30N2O4/c1-5-24-18-11-15(12-20-16-7-6-10-23-13-16)8-9-17(18)25-14(2)19(22)21(3)4/h8-9,11,14,16,20H,5-7,10,12-13H2,1-4H3. The van der Waals surface area contributed by atoms with Crippen LogP contribution in [0.15, 0.2) is 18.2 Å². The molecule has 2 atom stereocenters. The SMILES string of the molecule is CCOc1cc(CNC2CCCOC2)ccc1OC(C)C(=O)N(C)C. The van der Waals surface area contributed by atoms with Gasteiger partial charge in [0.2, 0.25) is 0 Å². The minimum absolute atomic E-state index is 0.0782. The van der Waals surface area contributed by atoms with Gasteiger partial charge in [0, 0.05) is 33.3 Å². The maximum absolute atomic E-state index is 12.0. The number of carbonyl (C=O) groups is 1. The first-order valence-electron chi connectivity index (χ1n) is 8.96. The third kappa shape index (κ3) is 5.90. The van der Waals surface area contributed by atoms with Crippen LogP contribution < -0.4 is 14.8 Å². The lowest BCUT2D eigenvalue weighted by Gasteiger charge is -2.23. The summed E-state index contributed by atoms with van der Waals surface area (Å²) in [6, 6.07) is 6.25. The minimum Gasteiger partial charge on any atom is -0.490 e. The van der Waals surface area contributed by atoms with Gasteiger partial charge >= 0.3 is 0 Å². The van der Waals surface area contributed by atoms with Gasteiger partial charge in [-0.2, -0.15) is 0 Å². The van der Waals surface area contributed by atoms with Crippen molar-refractivity contribution in [3.8, 4) is 11.5 Å². The third-order valence-corrected chi connectivity index (χ3v) is 4.16. The number of amides is 1. The highest BCUT2D eigenvalue weighted by Crippen LogP contribution is 2.29. The third-order valence-electron chi connectivity index (χ3n) is 4.16. The predicted molar refractivity (Wildman–Crippen MR) is 97.1 cm³/mol. The molecule has 25 heavy (non-hydrogen) atoms. The highest BCUT2D eigenvalue weighted by molar-refractivity contribution is 5.80. The lowest BCUT2D eigenvalue weighted by Crippen LogP contribution is -2.36. The molecule has 0 aliphatic carbocycles. The molecule has 1 amide bonds. The highest BCUT2D eigenvalue weighted by Gasteiger charge is 2.19. The first kappa shape index (κ1) is 19.5. The van der Waals surface area contributed by atoms with Gasteiger partial charge in [0.05, 0.1) is 13.2 Å². The van der Waals surface area contributed by atoms with E-state index in [-0.39, 0.29) is 5.91 Å². The Hall–Kier alpha value is -1.79. The lowest BCUT2D eigenvalue weighted by molar-refractivity contribution is -0.135. The second kappa shape index (κ2) is 9.63. The quantitative estimate of drug-likeness (QED) is 0.779. The van der Waals surface area contributed by atoms with Gasteiger partial charge in [-0.15, -0.1) is 0 Å². The molecule has 1 fully saturated rings. The van der Waals surface area contributed by atoms with Gasteiger partial charge in [0.25, 0.3) is 5.91 Å². The van der Waals surface area contributed by atoms with E-state index in [1.54, 1.807) is 21.0 Å². The molecule has 0 spiro atoms. The second-order valence-corrected chi connectivity index (χ2v) is 6.50. The molecule has 2 unspecified atom stereocenters. The number of nitrogens with zero attached hydrogens (tertiary/aromatic N) is 1. The molecule has 1 N–H and O–H groups in total. The van der Waals surface area contributed by atoms with Gasteiger partial charge in [-0.25, -0.2) is 0 Å². The van der Waals surface area contributed by atoms with Crippen molar-refractivity contribution in [1.82, 2.24) is 10.2 Å². The number of hydrogen-bond donors (Lipinski definition) is 1. The van der Waals surface area contributed by atoms with Crippen molar-refractivity contribution in [2.75, 3.05) is 33.9 Å². The van der Waals surface area contributed by atoms with Gasteiger partial charge in [0.1, 0.15) is 0 Å². The largest absolute Gasteiger partial charge is 0.490 e. The van der Waals surface area contributed by atoms with E-state index < -0.39 is 6.10 Å². The molecule has 0 saturated carbocycles. The van der Waals surface area contributed by atoms with Crippen molar-refractivity contribution in [3.63, 3.8) is 0 Å². The van der Waals surface area contributed by atoms with Crippen LogP contribution in [-0.2, 0) is 16.1 Å². The molecule has 1 aromatic rings. The topological polar surface area (TPSA) is 60.0 Å². The van der Waals surface area contributed by atoms with E-state index in [1.165, 1.54) is 4.90 Å². The zero-order chi connectivity index (χ0) is 18.2. The number of carbonyl (C=O) groups excluding carboxylic acids is 1. The Bertz CT molecular complexity index is 556. The molecule has 140 valence electrons. The Kier molecular flexibility index (Phi) is 7.52. The maximum atomic E-state index is 12.0. The van der Waals surface area contributed by atoms with Gasteiger partial charge in [-0.1, -0.05) is 6.07 Å². The fraction of sp³-hybridized carbons (Fsp3) is 0.632. The number of ether oxygens (including phenoxy) is 3. The molecule has 6 nitrogen and oxygen atoms in total. The number of nitrogens with one attached hydrogen (secondary N) is 1. The van der Waals surface area contributed by atoms with Gasteiger partial charge in [-0.3, -0.25) is 4.79 Å². The summed E-state index contributed by atoms with van der Waals surface area (Å²) in [7, 11) is 3.44. The smallest absolute Gasteiger partial charge is 0.262 e. The molecule has 0 bridgehead atoms. The van der Waals surface area contributed by atoms with Crippen LogP contribution in [0.5, 0.6) is 11.5 Å². The van der Waals surface area contributed by atoms with Crippen LogP contribution in [0.25, 0.3) is 0 Å². The number of rotatable bonds is 8. The maximum Gasteiger partial charge on any atom is 0.262 e. The van der Waals surface area contributed by atoms with E-state index >= 15 is 0 Å². The van der Waals surface area contributed by atoms with Crippen molar-refractivity contribution in [2.24, 2.45) is 0 Å². The van der Waals surface area contributed by atoms with Gasteiger partial charge < -0.3 is 24.4 Å². The van der Waals surface area contributed by atoms with E-state index in [0.29, 0.717) is 24.1 Å². The lowest BCUT2D eigenvalue weighted by atomic mass is 10.1. The second-order valence-electron chi connectivity index (χ2n) is 6.50. The summed E-state index contributed by atoms with van der Waals surface area (Å²) in [5.74, 6) is 1.18. The number of benzene rings is 1. The van der Waals surface area contributed by atoms with Crippen LogP contribution in [0.1, 0.15) is 32.3 Å². The molecular weight excluding hydrogens is 320 g/mol. The molecular formula is C19H30N2O4. The fourth-order valence-corrected chi connectivity index (χ4v) is 2.80. The molecule has 1 heterocycles. The van der Waals surface area contributed by atoms with Crippen molar-refractivity contribution in [1.29, 1.82) is 0 Å². The Morgan fingerprint density at radius 3 is 2.84 bits per heavy atom. The van der Waals surface area contributed by atoms with E-state index in [4.69, 9.17) is 14.2 Å². The first-order valence-corrected chi connectivity index (χ1v) is 8.96. The molecule has 1 saturated heterocycles. The average Bonchev–Trinajstić information content (AvgIpc) is 2.62. The van der Waals surface area contributed by atoms with Crippen LogP contribution in [0.4, 0.5) is 0 Å². The van der Waals surface area contributed by atoms with Gasteiger partial charge in [0.15, 0.2) is 17.6 Å². The minimum atomic E-state index is -0.558. The van der Waals surface area contributed by atoms with Crippen molar-refractivity contribution in [2.45, 2.75) is 45.4 Å². The highest BCUT2D eigenvalue weighted by atomic mass is 16.5. The van der Waals surface area contributed by atoms with E-state index in [0.717, 1.165) is 38.2 Å². The number of likely N-dealkylation sites (N-methyl/N-ethyl adjacent to an activating group) is 1. The van der Waals surface area contributed by atoms with E-state index in [1.807, 2.05) is 25.1 Å². The van der Waals surface area contributed by atoms with Gasteiger partial charge in [-0.05, 0) is 44.4 Å². The van der Waals surface area contributed by atoms with Crippen molar-refractivity contribution >= 4 is 5.91 Å². The molecule has 1 aliphatic rings. The zero-order valence-corrected chi connectivity index (χ0v) is 15.7. The van der Waals surface area contributed by atoms with E-state index in [9.17, 15) is 4.79 Å². The zero-order valence-electron chi connectivity index (χ0n) is 15.7. The average molecular weight is 350 g/mol. The molecule has 0 radical (unpaired) electrons. The Morgan fingerprint density at radius 2 is 2.20 bits per heavy atom. The Morgan fingerprint density at radius 1 is 1.40 bits per heavy atom. The summed E-state index contributed by atoms with van der Waals surface area (Å²) in [5.41, 5.74) is 1.12. The molecule has 0 aromatic heterocycles. The summed E-state index contributed by atoms with van der Waals surface area (Å²) in [5, 5.41) is 3.52. The van der Waals surface area contributed by atoms with Crippen LogP contribution in [-0.4, -0.2) is 56.9 Å². The summed E-state index contributed by atoms with van der Waals surface area (Å²) in [4.78, 5) is 13.5. The molecule has 6 heteroatoms. The van der Waals surface area contributed by atoms with Crippen LogP contribution >= 0.6 is 0 Å². The molecule has 1 aliphatic heterocycles. The van der Waals surface area contributed by atoms with E-state index in [2.05, 4.69) is 5.32 Å². The van der Waals surface area contributed by atoms with Crippen LogP contribution in [0.2, 0.25) is 0 Å². The van der Waals surface area contributed by atoms with Crippen molar-refractivity contribution in [3.05, 3.63) is 23.8 Å². The van der Waals surface area contributed by atoms with Crippen LogP contribution in [0, 0.1) is 0 Å². The Labute approximate surface area is 150 Å². The summed E-state index contributed by atoms with van der Waals surface area (Å²) in [6.07, 6.45) is 1.69.